The van der Waals surface area contributed by atoms with Crippen molar-refractivity contribution in [3.05, 3.63) is 11.6 Å². The Bertz CT molecular complexity index is 383. The van der Waals surface area contributed by atoms with Gasteiger partial charge < -0.3 is 0 Å². The highest BCUT2D eigenvalue weighted by molar-refractivity contribution is 6.19. The highest BCUT2D eigenvalue weighted by Crippen LogP contribution is 2.20. The number of nitrogens with zero attached hydrogens (tertiary/aromatic N) is 3. The summed E-state index contributed by atoms with van der Waals surface area (Å²) >= 11 is 0. The number of allylic oxidation sites excluding steroid dienone is 1. The largest absolute Gasteiger partial charge is 0.256 e. The molecule has 0 saturated carbocycles. The van der Waals surface area contributed by atoms with Crippen LogP contribution in [-0.4, -0.2) is 23.4 Å². The van der Waals surface area contributed by atoms with Gasteiger partial charge in [-0.15, -0.1) is 0 Å². The molecule has 2 aliphatic heterocycles. The summed E-state index contributed by atoms with van der Waals surface area (Å²) in [5.41, 5.74) is 3.35. The van der Waals surface area contributed by atoms with Crippen LogP contribution in [0.4, 0.5) is 0 Å². The molecule has 1 atom stereocenters. The molecule has 2 aliphatic rings. The van der Waals surface area contributed by atoms with Gasteiger partial charge in [0.15, 0.2) is 6.17 Å². The van der Waals surface area contributed by atoms with E-state index in [1.807, 2.05) is 6.92 Å². The minimum absolute atomic E-state index is 0.0580. The summed E-state index contributed by atoms with van der Waals surface area (Å²) in [7, 11) is 0. The standard InChI is InChI=1S/C11H15N3/c1-6(2)9-5-7(3)10-11(14-9)13-8(4)12-10/h5-6,11H,1-4H3. The van der Waals surface area contributed by atoms with Gasteiger partial charge in [-0.2, -0.15) is 0 Å². The van der Waals surface area contributed by atoms with E-state index >= 15 is 0 Å². The molecule has 3 heteroatoms. The first-order valence-electron chi connectivity index (χ1n) is 4.97. The molecule has 2 heterocycles. The molecule has 0 radical (unpaired) electrons. The summed E-state index contributed by atoms with van der Waals surface area (Å²) in [6.07, 6.45) is 2.06. The number of aliphatic imine (C=N–C) groups is 3. The van der Waals surface area contributed by atoms with Crippen LogP contribution in [0.15, 0.2) is 26.6 Å². The molecule has 0 bridgehead atoms. The van der Waals surface area contributed by atoms with Gasteiger partial charge in [0.25, 0.3) is 0 Å². The third-order valence-electron chi connectivity index (χ3n) is 2.47. The smallest absolute Gasteiger partial charge is 0.184 e. The Morgan fingerprint density at radius 1 is 1.21 bits per heavy atom. The van der Waals surface area contributed by atoms with E-state index in [0.29, 0.717) is 5.92 Å². The van der Waals surface area contributed by atoms with E-state index in [0.717, 1.165) is 17.3 Å². The number of rotatable bonds is 1. The highest BCUT2D eigenvalue weighted by Gasteiger charge is 2.25. The minimum Gasteiger partial charge on any atom is -0.256 e. The van der Waals surface area contributed by atoms with Gasteiger partial charge >= 0.3 is 0 Å². The number of fused-ring (bicyclic) bond motifs is 1. The van der Waals surface area contributed by atoms with Gasteiger partial charge in [-0.3, -0.25) is 4.99 Å². The first-order chi connectivity index (χ1) is 6.58. The molecular formula is C11H15N3. The molecule has 0 aliphatic carbocycles. The Balaban J connectivity index is 2.39. The van der Waals surface area contributed by atoms with Crippen LogP contribution in [0.2, 0.25) is 0 Å². The van der Waals surface area contributed by atoms with Crippen molar-refractivity contribution >= 4 is 17.3 Å². The second-order valence-corrected chi connectivity index (χ2v) is 4.08. The third kappa shape index (κ3) is 1.43. The quantitative estimate of drug-likeness (QED) is 0.606. The van der Waals surface area contributed by atoms with Crippen LogP contribution >= 0.6 is 0 Å². The normalized spacial score (nSPS) is 25.4. The first kappa shape index (κ1) is 9.31. The van der Waals surface area contributed by atoms with Crippen LogP contribution in [0.3, 0.4) is 0 Å². The molecule has 0 aromatic rings. The summed E-state index contributed by atoms with van der Waals surface area (Å²) in [5.74, 6) is 1.30. The molecule has 0 fully saturated rings. The lowest BCUT2D eigenvalue weighted by atomic mass is 9.99. The van der Waals surface area contributed by atoms with Crippen LogP contribution in [-0.2, 0) is 0 Å². The van der Waals surface area contributed by atoms with Gasteiger partial charge in [0.1, 0.15) is 5.84 Å². The van der Waals surface area contributed by atoms with E-state index in [4.69, 9.17) is 0 Å². The number of dihydropyridines is 1. The lowest BCUT2D eigenvalue weighted by molar-refractivity contribution is 0.844. The van der Waals surface area contributed by atoms with Crippen LogP contribution in [0.5, 0.6) is 0 Å². The number of amidine groups is 1. The molecule has 0 aromatic carbocycles. The maximum absolute atomic E-state index is 4.57. The van der Waals surface area contributed by atoms with Crippen molar-refractivity contribution in [2.75, 3.05) is 0 Å². The van der Waals surface area contributed by atoms with Crippen molar-refractivity contribution in [2.45, 2.75) is 33.9 Å². The molecule has 0 saturated heterocycles. The van der Waals surface area contributed by atoms with E-state index in [1.165, 1.54) is 5.57 Å². The fourth-order valence-corrected chi connectivity index (χ4v) is 1.67. The molecule has 3 nitrogen and oxygen atoms in total. The van der Waals surface area contributed by atoms with Crippen molar-refractivity contribution in [1.29, 1.82) is 0 Å². The van der Waals surface area contributed by atoms with Crippen LogP contribution < -0.4 is 0 Å². The minimum atomic E-state index is -0.0580. The van der Waals surface area contributed by atoms with Crippen LogP contribution in [0.1, 0.15) is 27.7 Å². The molecule has 1 unspecified atom stereocenters. The maximum atomic E-state index is 4.57. The monoisotopic (exact) mass is 189 g/mol. The van der Waals surface area contributed by atoms with Crippen LogP contribution in [0, 0.1) is 5.92 Å². The number of hydrogen-bond donors (Lipinski definition) is 0. The first-order valence-corrected chi connectivity index (χ1v) is 4.97. The van der Waals surface area contributed by atoms with Gasteiger partial charge in [0.05, 0.1) is 5.71 Å². The van der Waals surface area contributed by atoms with Crippen molar-refractivity contribution in [1.82, 2.24) is 0 Å². The van der Waals surface area contributed by atoms with Crippen LogP contribution in [0.25, 0.3) is 0 Å². The summed E-state index contributed by atoms with van der Waals surface area (Å²) in [4.78, 5) is 13.3. The summed E-state index contributed by atoms with van der Waals surface area (Å²) in [6, 6.07) is 0. The fourth-order valence-electron chi connectivity index (χ4n) is 1.67. The summed E-state index contributed by atoms with van der Waals surface area (Å²) in [6.45, 7) is 8.30. The van der Waals surface area contributed by atoms with E-state index < -0.39 is 0 Å². The zero-order valence-corrected chi connectivity index (χ0v) is 9.07. The molecule has 14 heavy (non-hydrogen) atoms. The second kappa shape index (κ2) is 3.15. The van der Waals surface area contributed by atoms with Gasteiger partial charge in [0, 0.05) is 5.71 Å². The predicted octanol–water partition coefficient (Wildman–Crippen LogP) is 2.24. The summed E-state index contributed by atoms with van der Waals surface area (Å²) < 4.78 is 0. The lowest BCUT2D eigenvalue weighted by Crippen LogP contribution is -2.23. The predicted molar refractivity (Wildman–Crippen MR) is 60.4 cm³/mol. The van der Waals surface area contributed by atoms with E-state index in [-0.39, 0.29) is 6.17 Å². The SMILES string of the molecule is CC1=CC(C(C)C)=NC2N=C(C)N=C12. The van der Waals surface area contributed by atoms with Crippen molar-refractivity contribution in [2.24, 2.45) is 20.9 Å². The summed E-state index contributed by atoms with van der Waals surface area (Å²) in [5, 5.41) is 0. The van der Waals surface area contributed by atoms with Gasteiger partial charge in [-0.25, -0.2) is 9.98 Å². The lowest BCUT2D eigenvalue weighted by Gasteiger charge is -2.17. The Morgan fingerprint density at radius 3 is 2.57 bits per heavy atom. The Kier molecular flexibility index (Phi) is 2.10. The van der Waals surface area contributed by atoms with E-state index in [1.54, 1.807) is 0 Å². The van der Waals surface area contributed by atoms with Gasteiger partial charge in [-0.1, -0.05) is 13.8 Å². The third-order valence-corrected chi connectivity index (χ3v) is 2.47. The molecule has 0 amide bonds. The van der Waals surface area contributed by atoms with Crippen molar-refractivity contribution in [3.63, 3.8) is 0 Å². The molecule has 2 rings (SSSR count). The number of hydrogen-bond acceptors (Lipinski definition) is 3. The Morgan fingerprint density at radius 2 is 1.93 bits per heavy atom. The average molecular weight is 189 g/mol. The second-order valence-electron chi connectivity index (χ2n) is 4.08. The molecule has 0 spiro atoms. The molecule has 74 valence electrons. The zero-order chi connectivity index (χ0) is 10.3. The Labute approximate surface area is 84.4 Å². The van der Waals surface area contributed by atoms with E-state index in [2.05, 4.69) is 41.8 Å². The average Bonchev–Trinajstić information content (AvgIpc) is 2.45. The molecule has 0 aromatic heterocycles. The zero-order valence-electron chi connectivity index (χ0n) is 9.07. The maximum Gasteiger partial charge on any atom is 0.184 e. The Hall–Kier alpha value is -1.25. The molecular weight excluding hydrogens is 174 g/mol. The highest BCUT2D eigenvalue weighted by atomic mass is 15.1. The van der Waals surface area contributed by atoms with Gasteiger partial charge in [0.2, 0.25) is 0 Å². The van der Waals surface area contributed by atoms with Crippen molar-refractivity contribution in [3.8, 4) is 0 Å². The van der Waals surface area contributed by atoms with E-state index in [9.17, 15) is 0 Å². The van der Waals surface area contributed by atoms with Gasteiger partial charge in [-0.05, 0) is 31.4 Å². The van der Waals surface area contributed by atoms with Crippen molar-refractivity contribution < 1.29 is 0 Å². The molecule has 0 N–H and O–H groups in total. The fraction of sp³-hybridized carbons (Fsp3) is 0.545. The topological polar surface area (TPSA) is 37.1 Å².